The number of nitrogens with zero attached hydrogens (tertiary/aromatic N) is 4. The van der Waals surface area contributed by atoms with Gasteiger partial charge in [-0.05, 0) is 33.6 Å². The van der Waals surface area contributed by atoms with E-state index in [0.717, 1.165) is 0 Å². The Balaban J connectivity index is 1.71. The molecule has 0 spiro atoms. The molecule has 2 aromatic heterocycles. The second-order valence-electron chi connectivity index (χ2n) is 6.64. The quantitative estimate of drug-likeness (QED) is 0.805. The SMILES string of the molecule is CC(C)NC(=O)OC[C@]1(C)CC[C@H](n2cnc3c(N)nc(F)nc32)O1. The van der Waals surface area contributed by atoms with E-state index in [-0.39, 0.29) is 24.1 Å². The zero-order chi connectivity index (χ0) is 18.2. The van der Waals surface area contributed by atoms with E-state index in [4.69, 9.17) is 15.2 Å². The molecule has 0 unspecified atom stereocenters. The number of anilines is 1. The van der Waals surface area contributed by atoms with Crippen LogP contribution in [0.25, 0.3) is 11.2 Å². The van der Waals surface area contributed by atoms with Gasteiger partial charge in [0.1, 0.15) is 18.4 Å². The maximum Gasteiger partial charge on any atom is 0.407 e. The van der Waals surface area contributed by atoms with Crippen LogP contribution in [0.2, 0.25) is 0 Å². The fraction of sp³-hybridized carbons (Fsp3) is 0.600. The zero-order valence-corrected chi connectivity index (χ0v) is 14.3. The monoisotopic (exact) mass is 352 g/mol. The van der Waals surface area contributed by atoms with Gasteiger partial charge in [-0.15, -0.1) is 0 Å². The number of carbonyl (C=O) groups is 1. The first-order valence-corrected chi connectivity index (χ1v) is 8.04. The van der Waals surface area contributed by atoms with E-state index in [9.17, 15) is 9.18 Å². The van der Waals surface area contributed by atoms with Gasteiger partial charge in [0.25, 0.3) is 0 Å². The third-order valence-electron chi connectivity index (χ3n) is 3.99. The van der Waals surface area contributed by atoms with Crippen LogP contribution in [0.15, 0.2) is 6.33 Å². The molecule has 3 heterocycles. The van der Waals surface area contributed by atoms with E-state index in [1.807, 2.05) is 20.8 Å². The van der Waals surface area contributed by atoms with Crippen molar-refractivity contribution in [2.45, 2.75) is 51.5 Å². The maximum absolute atomic E-state index is 13.5. The van der Waals surface area contributed by atoms with Gasteiger partial charge in [0.05, 0.1) is 6.33 Å². The summed E-state index contributed by atoms with van der Waals surface area (Å²) >= 11 is 0. The zero-order valence-electron chi connectivity index (χ0n) is 14.3. The third kappa shape index (κ3) is 3.63. The second kappa shape index (κ2) is 6.43. The maximum atomic E-state index is 13.5. The number of alkyl carbamates (subject to hydrolysis) is 1. The molecule has 136 valence electrons. The molecule has 0 aromatic carbocycles. The van der Waals surface area contributed by atoms with Crippen LogP contribution >= 0.6 is 0 Å². The molecule has 0 radical (unpaired) electrons. The Labute approximate surface area is 143 Å². The summed E-state index contributed by atoms with van der Waals surface area (Å²) in [5, 5.41) is 2.65. The highest BCUT2D eigenvalue weighted by molar-refractivity contribution is 5.81. The number of nitrogen functional groups attached to an aromatic ring is 1. The van der Waals surface area contributed by atoms with Crippen LogP contribution < -0.4 is 11.1 Å². The number of imidazole rings is 1. The minimum Gasteiger partial charge on any atom is -0.446 e. The van der Waals surface area contributed by atoms with E-state index in [1.165, 1.54) is 6.33 Å². The average molecular weight is 352 g/mol. The van der Waals surface area contributed by atoms with Crippen LogP contribution in [-0.2, 0) is 9.47 Å². The molecule has 1 aliphatic heterocycles. The molecule has 3 N–H and O–H groups in total. The van der Waals surface area contributed by atoms with Gasteiger partial charge < -0.3 is 20.5 Å². The number of fused-ring (bicyclic) bond motifs is 1. The molecule has 0 bridgehead atoms. The van der Waals surface area contributed by atoms with E-state index in [0.29, 0.717) is 18.4 Å². The van der Waals surface area contributed by atoms with E-state index >= 15 is 0 Å². The van der Waals surface area contributed by atoms with Crippen LogP contribution in [0, 0.1) is 6.08 Å². The number of nitrogens with one attached hydrogen (secondary N) is 1. The van der Waals surface area contributed by atoms with Crippen molar-refractivity contribution in [3.05, 3.63) is 12.4 Å². The van der Waals surface area contributed by atoms with Crippen molar-refractivity contribution in [3.8, 4) is 0 Å². The predicted molar refractivity (Wildman–Crippen MR) is 87.1 cm³/mol. The molecule has 1 saturated heterocycles. The van der Waals surface area contributed by atoms with Crippen LogP contribution in [0.3, 0.4) is 0 Å². The Kier molecular flexibility index (Phi) is 4.46. The van der Waals surface area contributed by atoms with Crippen LogP contribution in [0.1, 0.15) is 39.8 Å². The Hall–Kier alpha value is -2.49. The van der Waals surface area contributed by atoms with Crippen LogP contribution in [0.5, 0.6) is 0 Å². The van der Waals surface area contributed by atoms with Crippen LogP contribution in [0.4, 0.5) is 15.0 Å². The topological polar surface area (TPSA) is 117 Å². The summed E-state index contributed by atoms with van der Waals surface area (Å²) in [6.45, 7) is 5.67. The highest BCUT2D eigenvalue weighted by atomic mass is 19.1. The fourth-order valence-corrected chi connectivity index (χ4v) is 2.79. The van der Waals surface area contributed by atoms with Crippen molar-refractivity contribution in [2.24, 2.45) is 0 Å². The van der Waals surface area contributed by atoms with Gasteiger partial charge >= 0.3 is 12.2 Å². The summed E-state index contributed by atoms with van der Waals surface area (Å²) in [6, 6.07) is -0.00472. The summed E-state index contributed by atoms with van der Waals surface area (Å²) in [4.78, 5) is 23.0. The fourth-order valence-electron chi connectivity index (χ4n) is 2.79. The van der Waals surface area contributed by atoms with Crippen molar-refractivity contribution >= 4 is 23.1 Å². The minimum absolute atomic E-state index is 0.00472. The van der Waals surface area contributed by atoms with Crippen LogP contribution in [-0.4, -0.2) is 43.9 Å². The summed E-state index contributed by atoms with van der Waals surface area (Å²) in [5.41, 5.74) is 5.63. The molecule has 2 aromatic rings. The van der Waals surface area contributed by atoms with Gasteiger partial charge in [-0.1, -0.05) is 0 Å². The van der Waals surface area contributed by atoms with E-state index < -0.39 is 24.0 Å². The molecule has 0 aliphatic carbocycles. The first kappa shape index (κ1) is 17.3. The number of hydrogen-bond acceptors (Lipinski definition) is 7. The molecule has 1 fully saturated rings. The minimum atomic E-state index is -0.916. The lowest BCUT2D eigenvalue weighted by molar-refractivity contribution is -0.0875. The van der Waals surface area contributed by atoms with Crippen molar-refractivity contribution in [1.29, 1.82) is 0 Å². The van der Waals surface area contributed by atoms with Gasteiger partial charge in [-0.2, -0.15) is 14.4 Å². The highest BCUT2D eigenvalue weighted by Crippen LogP contribution is 2.37. The lowest BCUT2D eigenvalue weighted by atomic mass is 10.0. The van der Waals surface area contributed by atoms with E-state index in [2.05, 4.69) is 20.3 Å². The molecule has 3 rings (SSSR count). The summed E-state index contributed by atoms with van der Waals surface area (Å²) in [6.07, 6.45) is 0.996. The number of amides is 1. The van der Waals surface area contributed by atoms with Crippen molar-refractivity contribution < 1.29 is 18.7 Å². The number of aromatic nitrogens is 4. The lowest BCUT2D eigenvalue weighted by Gasteiger charge is -2.25. The van der Waals surface area contributed by atoms with Crippen molar-refractivity contribution in [3.63, 3.8) is 0 Å². The molecule has 0 saturated carbocycles. The van der Waals surface area contributed by atoms with Gasteiger partial charge in [-0.3, -0.25) is 4.57 Å². The molecule has 9 nitrogen and oxygen atoms in total. The van der Waals surface area contributed by atoms with Crippen molar-refractivity contribution in [1.82, 2.24) is 24.8 Å². The number of hydrogen-bond donors (Lipinski definition) is 2. The Morgan fingerprint density at radius 2 is 2.36 bits per heavy atom. The van der Waals surface area contributed by atoms with Gasteiger partial charge in [0.2, 0.25) is 0 Å². The lowest BCUT2D eigenvalue weighted by Crippen LogP contribution is -2.37. The van der Waals surface area contributed by atoms with Gasteiger partial charge in [0, 0.05) is 6.04 Å². The van der Waals surface area contributed by atoms with Gasteiger partial charge in [-0.25, -0.2) is 9.78 Å². The third-order valence-corrected chi connectivity index (χ3v) is 3.99. The first-order chi connectivity index (χ1) is 11.8. The molecular formula is C15H21FN6O3. The van der Waals surface area contributed by atoms with Crippen molar-refractivity contribution in [2.75, 3.05) is 12.3 Å². The molecule has 10 heteroatoms. The normalized spacial score (nSPS) is 23.3. The number of nitrogens with two attached hydrogens (primary N) is 1. The standard InChI is InChI=1S/C15H21FN6O3/c1-8(2)19-14(23)24-6-15(3)5-4-9(25-15)22-7-18-10-11(17)20-13(16)21-12(10)22/h7-9H,4-6H2,1-3H3,(H,19,23)(H2,17,20,21)/t9-,15+/m1/s1. The average Bonchev–Trinajstić information content (AvgIpc) is 3.09. The van der Waals surface area contributed by atoms with Gasteiger partial charge in [0.15, 0.2) is 17.0 Å². The number of ether oxygens (including phenoxy) is 2. The molecular weight excluding hydrogens is 331 g/mol. The largest absolute Gasteiger partial charge is 0.446 e. The highest BCUT2D eigenvalue weighted by Gasteiger charge is 2.39. The molecule has 2 atom stereocenters. The summed E-state index contributed by atoms with van der Waals surface area (Å²) in [7, 11) is 0. The number of rotatable bonds is 4. The Morgan fingerprint density at radius 1 is 1.60 bits per heavy atom. The first-order valence-electron chi connectivity index (χ1n) is 8.04. The second-order valence-corrected chi connectivity index (χ2v) is 6.64. The molecule has 1 aliphatic rings. The predicted octanol–water partition coefficient (Wildman–Crippen LogP) is 1.75. The molecule has 25 heavy (non-hydrogen) atoms. The molecule has 1 amide bonds. The number of carbonyl (C=O) groups excluding carboxylic acids is 1. The Bertz CT molecular complexity index is 795. The summed E-state index contributed by atoms with van der Waals surface area (Å²) in [5.74, 6) is -0.0179. The van der Waals surface area contributed by atoms with E-state index in [1.54, 1.807) is 4.57 Å². The smallest absolute Gasteiger partial charge is 0.407 e. The Morgan fingerprint density at radius 3 is 3.08 bits per heavy atom. The summed E-state index contributed by atoms with van der Waals surface area (Å²) < 4.78 is 26.3. The number of halogens is 1.